The highest BCUT2D eigenvalue weighted by Gasteiger charge is 2.27. The fourth-order valence-corrected chi connectivity index (χ4v) is 3.43. The van der Waals surface area contributed by atoms with E-state index in [1.165, 1.54) is 5.51 Å². The predicted octanol–water partition coefficient (Wildman–Crippen LogP) is -0.0230. The first-order chi connectivity index (χ1) is 7.92. The van der Waals surface area contributed by atoms with Crippen LogP contribution in [0.25, 0.3) is 0 Å². The number of nitrogens with two attached hydrogens (primary N) is 1. The molecule has 18 heavy (non-hydrogen) atoms. The van der Waals surface area contributed by atoms with E-state index in [0.717, 1.165) is 18.4 Å². The number of ether oxygens (including phenoxy) is 1. The average molecular weight is 316 g/mol. The molecule has 7 nitrogen and oxygen atoms in total. The van der Waals surface area contributed by atoms with Crippen molar-refractivity contribution in [1.82, 2.24) is 9.71 Å². The molecule has 0 unspecified atom stereocenters. The maximum atomic E-state index is 11.9. The Bertz CT molecular complexity index is 502. The van der Waals surface area contributed by atoms with Crippen LogP contribution in [-0.2, 0) is 14.8 Å². The SMILES string of the molecule is COC(=O)c1ncsc1S(=O)(=O)N[C@H](C)CN.Cl. The first-order valence-electron chi connectivity index (χ1n) is 4.66. The fraction of sp³-hybridized carbons (Fsp3) is 0.500. The number of methoxy groups -OCH3 is 1. The summed E-state index contributed by atoms with van der Waals surface area (Å²) in [6.07, 6.45) is 0. The van der Waals surface area contributed by atoms with Crippen LogP contribution in [-0.4, -0.2) is 39.1 Å². The molecule has 0 bridgehead atoms. The highest BCUT2D eigenvalue weighted by Crippen LogP contribution is 2.20. The summed E-state index contributed by atoms with van der Waals surface area (Å²) in [5, 5.41) is 0. The van der Waals surface area contributed by atoms with E-state index in [4.69, 9.17) is 5.73 Å². The van der Waals surface area contributed by atoms with Gasteiger partial charge in [0.25, 0.3) is 10.0 Å². The highest BCUT2D eigenvalue weighted by atomic mass is 35.5. The van der Waals surface area contributed by atoms with Gasteiger partial charge >= 0.3 is 5.97 Å². The van der Waals surface area contributed by atoms with Crippen LogP contribution in [0.15, 0.2) is 9.72 Å². The minimum atomic E-state index is -3.79. The molecule has 0 aromatic carbocycles. The number of nitrogens with zero attached hydrogens (tertiary/aromatic N) is 1. The van der Waals surface area contributed by atoms with Gasteiger partial charge in [0, 0.05) is 12.6 Å². The number of sulfonamides is 1. The molecule has 0 spiro atoms. The zero-order valence-electron chi connectivity index (χ0n) is 9.74. The summed E-state index contributed by atoms with van der Waals surface area (Å²) in [6, 6.07) is -0.424. The summed E-state index contributed by atoms with van der Waals surface area (Å²) < 4.78 is 30.4. The van der Waals surface area contributed by atoms with Gasteiger partial charge in [0.1, 0.15) is 0 Å². The quantitative estimate of drug-likeness (QED) is 0.738. The third kappa shape index (κ3) is 3.89. The lowest BCUT2D eigenvalue weighted by Gasteiger charge is -2.10. The Balaban J connectivity index is 0.00000289. The van der Waals surface area contributed by atoms with Gasteiger partial charge in [-0.1, -0.05) is 0 Å². The second-order valence-electron chi connectivity index (χ2n) is 3.24. The molecule has 104 valence electrons. The van der Waals surface area contributed by atoms with Crippen LogP contribution in [0.5, 0.6) is 0 Å². The first kappa shape index (κ1) is 17.3. The molecule has 0 amide bonds. The molecule has 10 heteroatoms. The van der Waals surface area contributed by atoms with Gasteiger partial charge in [-0.3, -0.25) is 0 Å². The van der Waals surface area contributed by atoms with Gasteiger partial charge < -0.3 is 10.5 Å². The second kappa shape index (κ2) is 7.00. The lowest BCUT2D eigenvalue weighted by Crippen LogP contribution is -2.38. The van der Waals surface area contributed by atoms with Crippen LogP contribution in [0, 0.1) is 0 Å². The fourth-order valence-electron chi connectivity index (χ4n) is 1.03. The minimum Gasteiger partial charge on any atom is -0.464 e. The predicted molar refractivity (Wildman–Crippen MR) is 69.5 cm³/mol. The summed E-state index contributed by atoms with van der Waals surface area (Å²) in [5.74, 6) is -0.785. The van der Waals surface area contributed by atoms with Crippen LogP contribution >= 0.6 is 23.7 Å². The van der Waals surface area contributed by atoms with Crippen LogP contribution < -0.4 is 10.5 Å². The summed E-state index contributed by atoms with van der Waals surface area (Å²) in [4.78, 5) is 15.0. The lowest BCUT2D eigenvalue weighted by molar-refractivity contribution is 0.0590. The Morgan fingerprint density at radius 1 is 1.67 bits per heavy atom. The van der Waals surface area contributed by atoms with Gasteiger partial charge in [-0.2, -0.15) is 0 Å². The molecule has 3 N–H and O–H groups in total. The number of hydrogen-bond acceptors (Lipinski definition) is 7. The van der Waals surface area contributed by atoms with Crippen LogP contribution in [0.3, 0.4) is 0 Å². The molecule has 0 saturated carbocycles. The standard InChI is InChI=1S/C8H13N3O4S2.ClH/c1-5(3-9)11-17(13,14)8-6(7(12)15-2)10-4-16-8;/h4-5,11H,3,9H2,1-2H3;1H/t5-;/m1./s1. The molecule has 0 aliphatic rings. The minimum absolute atomic E-state index is 0. The zero-order valence-corrected chi connectivity index (χ0v) is 12.2. The number of nitrogens with one attached hydrogen (secondary N) is 1. The number of carbonyl (C=O) groups is 1. The van der Waals surface area contributed by atoms with Gasteiger partial charge in [0.2, 0.25) is 0 Å². The van der Waals surface area contributed by atoms with Crippen molar-refractivity contribution in [2.24, 2.45) is 5.73 Å². The Kier molecular flexibility index (Phi) is 6.71. The highest BCUT2D eigenvalue weighted by molar-refractivity contribution is 7.91. The number of hydrogen-bond donors (Lipinski definition) is 2. The van der Waals surface area contributed by atoms with Crippen molar-refractivity contribution in [3.8, 4) is 0 Å². The third-order valence-electron chi connectivity index (χ3n) is 1.87. The van der Waals surface area contributed by atoms with E-state index in [-0.39, 0.29) is 28.9 Å². The zero-order chi connectivity index (χ0) is 13.1. The normalized spacial score (nSPS) is 12.6. The van der Waals surface area contributed by atoms with Crippen molar-refractivity contribution < 1.29 is 17.9 Å². The third-order valence-corrected chi connectivity index (χ3v) is 4.83. The topological polar surface area (TPSA) is 111 Å². The van der Waals surface area contributed by atoms with Gasteiger partial charge in [-0.25, -0.2) is 22.9 Å². The summed E-state index contributed by atoms with van der Waals surface area (Å²) in [5.41, 5.74) is 6.38. The summed E-state index contributed by atoms with van der Waals surface area (Å²) in [7, 11) is -2.63. The lowest BCUT2D eigenvalue weighted by atomic mass is 10.4. The Morgan fingerprint density at radius 2 is 2.28 bits per heavy atom. The monoisotopic (exact) mass is 315 g/mol. The molecular formula is C8H14ClN3O4S2. The number of esters is 1. The second-order valence-corrected chi connectivity index (χ2v) is 6.00. The molecule has 0 aliphatic heterocycles. The number of halogens is 1. The molecule has 0 radical (unpaired) electrons. The van der Waals surface area contributed by atoms with Crippen molar-refractivity contribution in [1.29, 1.82) is 0 Å². The molecule has 0 saturated heterocycles. The van der Waals surface area contributed by atoms with Gasteiger partial charge in [0.15, 0.2) is 9.90 Å². The van der Waals surface area contributed by atoms with Crippen molar-refractivity contribution in [3.63, 3.8) is 0 Å². The van der Waals surface area contributed by atoms with Crippen molar-refractivity contribution in [3.05, 3.63) is 11.2 Å². The van der Waals surface area contributed by atoms with Gasteiger partial charge in [-0.15, -0.1) is 23.7 Å². The van der Waals surface area contributed by atoms with E-state index < -0.39 is 22.0 Å². The molecular weight excluding hydrogens is 302 g/mol. The molecule has 1 atom stereocenters. The van der Waals surface area contributed by atoms with Crippen LogP contribution in [0.1, 0.15) is 17.4 Å². The Morgan fingerprint density at radius 3 is 2.78 bits per heavy atom. The van der Waals surface area contributed by atoms with E-state index in [9.17, 15) is 13.2 Å². The van der Waals surface area contributed by atoms with E-state index in [0.29, 0.717) is 0 Å². The van der Waals surface area contributed by atoms with Gasteiger partial charge in [-0.05, 0) is 6.92 Å². The summed E-state index contributed by atoms with van der Waals surface area (Å²) >= 11 is 0.849. The first-order valence-corrected chi connectivity index (χ1v) is 7.03. The number of thiazole rings is 1. The van der Waals surface area contributed by atoms with Crippen LogP contribution in [0.4, 0.5) is 0 Å². The van der Waals surface area contributed by atoms with Gasteiger partial charge in [0.05, 0.1) is 12.6 Å². The number of rotatable bonds is 5. The maximum absolute atomic E-state index is 11.9. The van der Waals surface area contributed by atoms with E-state index in [1.54, 1.807) is 6.92 Å². The van der Waals surface area contributed by atoms with Crippen molar-refractivity contribution in [2.75, 3.05) is 13.7 Å². The average Bonchev–Trinajstić information content (AvgIpc) is 2.76. The molecule has 0 aliphatic carbocycles. The maximum Gasteiger partial charge on any atom is 0.358 e. The van der Waals surface area contributed by atoms with Crippen molar-refractivity contribution in [2.45, 2.75) is 17.2 Å². The molecule has 1 aromatic rings. The number of carbonyl (C=O) groups excluding carboxylic acids is 1. The largest absolute Gasteiger partial charge is 0.464 e. The Hall–Kier alpha value is -0.740. The van der Waals surface area contributed by atoms with E-state index >= 15 is 0 Å². The number of aromatic nitrogens is 1. The van der Waals surface area contributed by atoms with E-state index in [2.05, 4.69) is 14.4 Å². The van der Waals surface area contributed by atoms with Crippen LogP contribution in [0.2, 0.25) is 0 Å². The smallest absolute Gasteiger partial charge is 0.358 e. The van der Waals surface area contributed by atoms with E-state index in [1.807, 2.05) is 0 Å². The Labute approximate surface area is 115 Å². The molecule has 1 aromatic heterocycles. The van der Waals surface area contributed by atoms with Crippen molar-refractivity contribution >= 4 is 39.7 Å². The molecule has 1 heterocycles. The molecule has 0 fully saturated rings. The summed E-state index contributed by atoms with van der Waals surface area (Å²) in [6.45, 7) is 1.78. The molecule has 1 rings (SSSR count).